The summed E-state index contributed by atoms with van der Waals surface area (Å²) in [7, 11) is 0. The lowest BCUT2D eigenvalue weighted by Crippen LogP contribution is -2.26. The van der Waals surface area contributed by atoms with E-state index in [0.29, 0.717) is 10.7 Å². The molecule has 2 heterocycles. The van der Waals surface area contributed by atoms with Crippen LogP contribution < -0.4 is 11.0 Å². The van der Waals surface area contributed by atoms with Crippen LogP contribution in [0.1, 0.15) is 24.3 Å². The monoisotopic (exact) mass is 346 g/mol. The summed E-state index contributed by atoms with van der Waals surface area (Å²) in [4.78, 5) is 24.4. The summed E-state index contributed by atoms with van der Waals surface area (Å²) >= 11 is 5.96. The van der Waals surface area contributed by atoms with Gasteiger partial charge in [-0.15, -0.1) is 0 Å². The van der Waals surface area contributed by atoms with Crippen molar-refractivity contribution in [3.8, 4) is 5.75 Å². The minimum absolute atomic E-state index is 0.164. The van der Waals surface area contributed by atoms with Crippen molar-refractivity contribution in [2.75, 3.05) is 0 Å². The van der Waals surface area contributed by atoms with Gasteiger partial charge in [-0.1, -0.05) is 23.7 Å². The molecule has 0 aliphatic rings. The van der Waals surface area contributed by atoms with Crippen LogP contribution >= 0.6 is 11.6 Å². The molecule has 0 radical (unpaired) electrons. The minimum atomic E-state index is -0.902. The zero-order valence-electron chi connectivity index (χ0n) is 12.8. The van der Waals surface area contributed by atoms with Gasteiger partial charge in [0.2, 0.25) is 5.43 Å². The first-order chi connectivity index (χ1) is 11.4. The predicted octanol–water partition coefficient (Wildman–Crippen LogP) is 1.92. The van der Waals surface area contributed by atoms with E-state index in [1.807, 2.05) is 6.07 Å². The van der Waals surface area contributed by atoms with Gasteiger partial charge in [-0.05, 0) is 24.6 Å². The van der Waals surface area contributed by atoms with Crippen molar-refractivity contribution in [1.29, 1.82) is 0 Å². The standard InChI is InChI=1S/C17H15ClN2O4/c1-10(21)13-9-19(8-11-3-2-4-12(18)7-11)17(24)15-16(23)14(22)5-6-20(13)15/h2-7,9-10,21,23H,8H2,1H3. The van der Waals surface area contributed by atoms with Crippen LogP contribution in [0.3, 0.4) is 0 Å². The molecule has 2 N–H and O–H groups in total. The van der Waals surface area contributed by atoms with Crippen LogP contribution in [0.4, 0.5) is 0 Å². The number of pyridine rings is 1. The largest absolute Gasteiger partial charge is 0.503 e. The molecule has 0 amide bonds. The summed E-state index contributed by atoms with van der Waals surface area (Å²) in [6.07, 6.45) is 1.97. The van der Waals surface area contributed by atoms with Gasteiger partial charge in [0.05, 0.1) is 18.3 Å². The highest BCUT2D eigenvalue weighted by molar-refractivity contribution is 6.30. The topological polar surface area (TPSA) is 83.9 Å². The van der Waals surface area contributed by atoms with Gasteiger partial charge in [0, 0.05) is 23.5 Å². The van der Waals surface area contributed by atoms with Gasteiger partial charge in [-0.2, -0.15) is 0 Å². The van der Waals surface area contributed by atoms with E-state index < -0.39 is 22.8 Å². The molecule has 0 bridgehead atoms. The number of nitrogens with zero attached hydrogens (tertiary/aromatic N) is 2. The molecule has 24 heavy (non-hydrogen) atoms. The summed E-state index contributed by atoms with van der Waals surface area (Å²) in [6, 6.07) is 8.16. The van der Waals surface area contributed by atoms with Crippen LogP contribution in [0, 0.1) is 0 Å². The minimum Gasteiger partial charge on any atom is -0.503 e. The highest BCUT2D eigenvalue weighted by Crippen LogP contribution is 2.18. The molecule has 1 atom stereocenters. The van der Waals surface area contributed by atoms with Gasteiger partial charge in [0.15, 0.2) is 11.3 Å². The molecule has 0 fully saturated rings. The lowest BCUT2D eigenvalue weighted by Gasteiger charge is -2.16. The van der Waals surface area contributed by atoms with Gasteiger partial charge < -0.3 is 19.2 Å². The van der Waals surface area contributed by atoms with E-state index in [1.165, 1.54) is 28.3 Å². The van der Waals surface area contributed by atoms with Crippen LogP contribution in [0.25, 0.3) is 5.52 Å². The Morgan fingerprint density at radius 2 is 2.00 bits per heavy atom. The number of aliphatic hydroxyl groups is 1. The third-order valence-electron chi connectivity index (χ3n) is 3.77. The Balaban J connectivity index is 2.29. The fourth-order valence-corrected chi connectivity index (χ4v) is 2.83. The Bertz CT molecular complexity index is 1040. The van der Waals surface area contributed by atoms with E-state index in [9.17, 15) is 19.8 Å². The summed E-state index contributed by atoms with van der Waals surface area (Å²) in [6.45, 7) is 1.73. The van der Waals surface area contributed by atoms with Crippen molar-refractivity contribution in [2.45, 2.75) is 19.6 Å². The van der Waals surface area contributed by atoms with Gasteiger partial charge in [-0.3, -0.25) is 9.59 Å². The summed E-state index contributed by atoms with van der Waals surface area (Å²) < 4.78 is 2.67. The van der Waals surface area contributed by atoms with E-state index >= 15 is 0 Å². The van der Waals surface area contributed by atoms with Crippen molar-refractivity contribution in [3.63, 3.8) is 0 Å². The third-order valence-corrected chi connectivity index (χ3v) is 4.01. The molecule has 3 aromatic rings. The molecule has 1 aromatic carbocycles. The second kappa shape index (κ2) is 6.14. The maximum Gasteiger partial charge on any atom is 0.279 e. The number of aromatic hydroxyl groups is 1. The van der Waals surface area contributed by atoms with E-state index in [1.54, 1.807) is 18.2 Å². The Hall–Kier alpha value is -2.57. The molecule has 0 saturated carbocycles. The maximum atomic E-state index is 12.7. The van der Waals surface area contributed by atoms with Gasteiger partial charge in [0.1, 0.15) is 0 Å². The van der Waals surface area contributed by atoms with E-state index in [4.69, 9.17) is 11.6 Å². The number of fused-ring (bicyclic) bond motifs is 1. The lowest BCUT2D eigenvalue weighted by atomic mass is 10.2. The number of rotatable bonds is 3. The highest BCUT2D eigenvalue weighted by Gasteiger charge is 2.16. The quantitative estimate of drug-likeness (QED) is 0.759. The molecule has 0 aliphatic heterocycles. The zero-order chi connectivity index (χ0) is 17.4. The van der Waals surface area contributed by atoms with Gasteiger partial charge in [0.25, 0.3) is 5.56 Å². The molecule has 1 unspecified atom stereocenters. The molecule has 7 heteroatoms. The van der Waals surface area contributed by atoms with Crippen molar-refractivity contribution < 1.29 is 10.2 Å². The number of halogens is 1. The normalized spacial score (nSPS) is 12.5. The summed E-state index contributed by atoms with van der Waals surface area (Å²) in [5.74, 6) is -0.634. The Kier molecular flexibility index (Phi) is 4.17. The van der Waals surface area contributed by atoms with E-state index in [2.05, 4.69) is 0 Å². The van der Waals surface area contributed by atoms with E-state index in [0.717, 1.165) is 11.6 Å². The Morgan fingerprint density at radius 1 is 1.25 bits per heavy atom. The summed E-state index contributed by atoms with van der Waals surface area (Å²) in [5, 5.41) is 20.6. The predicted molar refractivity (Wildman–Crippen MR) is 90.8 cm³/mol. The first kappa shape index (κ1) is 16.3. The number of aromatic nitrogens is 2. The fraction of sp³-hybridized carbons (Fsp3) is 0.176. The van der Waals surface area contributed by atoms with Crippen molar-refractivity contribution >= 4 is 17.1 Å². The number of hydrogen-bond acceptors (Lipinski definition) is 4. The van der Waals surface area contributed by atoms with Crippen molar-refractivity contribution in [2.24, 2.45) is 0 Å². The second-order valence-corrected chi connectivity index (χ2v) is 5.98. The van der Waals surface area contributed by atoms with Crippen LogP contribution in [-0.2, 0) is 6.54 Å². The number of aliphatic hydroxyl groups excluding tert-OH is 1. The van der Waals surface area contributed by atoms with Crippen molar-refractivity contribution in [3.05, 3.63) is 79.6 Å². The average molecular weight is 347 g/mol. The number of hydrogen-bond donors (Lipinski definition) is 2. The molecule has 2 aromatic heterocycles. The molecular weight excluding hydrogens is 332 g/mol. The zero-order valence-corrected chi connectivity index (χ0v) is 13.6. The molecule has 3 rings (SSSR count). The average Bonchev–Trinajstić information content (AvgIpc) is 2.53. The van der Waals surface area contributed by atoms with Gasteiger partial charge >= 0.3 is 0 Å². The fourth-order valence-electron chi connectivity index (χ4n) is 2.62. The first-order valence-electron chi connectivity index (χ1n) is 7.28. The van der Waals surface area contributed by atoms with Gasteiger partial charge in [-0.25, -0.2) is 0 Å². The summed E-state index contributed by atoms with van der Waals surface area (Å²) in [5.41, 5.74) is -0.188. The Labute approximate surface area is 141 Å². The highest BCUT2D eigenvalue weighted by atomic mass is 35.5. The van der Waals surface area contributed by atoms with Crippen molar-refractivity contribution in [1.82, 2.24) is 8.97 Å². The van der Waals surface area contributed by atoms with Crippen LogP contribution in [0.2, 0.25) is 5.02 Å². The molecule has 0 saturated heterocycles. The first-order valence-corrected chi connectivity index (χ1v) is 7.66. The van der Waals surface area contributed by atoms with E-state index in [-0.39, 0.29) is 12.1 Å². The SMILES string of the molecule is CC(O)c1cn(Cc2cccc(Cl)c2)c(=O)c2c(O)c(=O)ccn12. The van der Waals surface area contributed by atoms with Crippen LogP contribution in [0.15, 0.2) is 52.3 Å². The molecule has 6 nitrogen and oxygen atoms in total. The van der Waals surface area contributed by atoms with Crippen LogP contribution in [-0.4, -0.2) is 19.2 Å². The molecular formula is C17H15ClN2O4. The third kappa shape index (κ3) is 2.81. The number of benzene rings is 1. The molecule has 0 aliphatic carbocycles. The lowest BCUT2D eigenvalue weighted by molar-refractivity contribution is 0.191. The maximum absolute atomic E-state index is 12.7. The Morgan fingerprint density at radius 3 is 2.67 bits per heavy atom. The molecule has 124 valence electrons. The second-order valence-electron chi connectivity index (χ2n) is 5.54. The smallest absolute Gasteiger partial charge is 0.279 e. The molecule has 0 spiro atoms. The van der Waals surface area contributed by atoms with Crippen LogP contribution in [0.5, 0.6) is 5.75 Å².